The first-order chi connectivity index (χ1) is 22.3. The Morgan fingerprint density at radius 2 is 0.898 bits per heavy atom. The minimum Gasteiger partial charge on any atom is -0.488 e. The van der Waals surface area contributed by atoms with Crippen LogP contribution in [0.25, 0.3) is 0 Å². The summed E-state index contributed by atoms with van der Waals surface area (Å²) >= 11 is 0. The molecule has 0 saturated carbocycles. The summed E-state index contributed by atoms with van der Waals surface area (Å²) in [6.07, 6.45) is -11.4. The maximum Gasteiger partial charge on any atom is 0.411 e. The molecule has 0 aliphatic rings. The first-order valence-electron chi connectivity index (χ1n) is 14.9. The largest absolute Gasteiger partial charge is 0.488 e. The molecule has 0 spiro atoms. The molecule has 0 bridgehead atoms. The Balaban J connectivity index is 1.93. The standard InChI is InChI=1S/C35H34F10O4/c1-7-29(3,4)27(46)32(36,37)23-9-11-24(12-10-23)33(38,39)28(47)48-25-17-13-21(14-18-25)31(34(40,41)42,35(43,44)45)22-15-19-26(20-16-22)49-30(5,6)8-2/h9-20H,7-8H2,1-6H3. The van der Waals surface area contributed by atoms with Gasteiger partial charge in [-0.25, -0.2) is 4.79 Å². The molecule has 0 fully saturated rings. The molecule has 0 unspecified atom stereocenters. The van der Waals surface area contributed by atoms with E-state index in [4.69, 9.17) is 4.74 Å². The lowest BCUT2D eigenvalue weighted by atomic mass is 9.73. The molecule has 0 N–H and O–H groups in total. The summed E-state index contributed by atoms with van der Waals surface area (Å²) in [6.45, 7) is 9.23. The summed E-state index contributed by atoms with van der Waals surface area (Å²) in [5.74, 6) is -13.1. The van der Waals surface area contributed by atoms with E-state index < -0.39 is 80.4 Å². The maximum absolute atomic E-state index is 15.0. The quantitative estimate of drug-likeness (QED) is 0.107. The number of Topliss-reactive ketones (excluding diaryl/α,β-unsaturated/α-hetero) is 1. The van der Waals surface area contributed by atoms with Crippen molar-refractivity contribution in [2.24, 2.45) is 5.41 Å². The molecule has 3 aromatic rings. The van der Waals surface area contributed by atoms with Crippen LogP contribution in [0.15, 0.2) is 72.8 Å². The number of hydrogen-bond acceptors (Lipinski definition) is 4. The van der Waals surface area contributed by atoms with E-state index in [9.17, 15) is 53.5 Å². The number of esters is 1. The first kappa shape index (κ1) is 39.3. The van der Waals surface area contributed by atoms with Gasteiger partial charge >= 0.3 is 30.2 Å². The number of alkyl halides is 10. The molecule has 268 valence electrons. The van der Waals surface area contributed by atoms with Crippen molar-refractivity contribution in [1.29, 1.82) is 0 Å². The van der Waals surface area contributed by atoms with Crippen molar-refractivity contribution in [2.45, 2.75) is 89.6 Å². The van der Waals surface area contributed by atoms with Gasteiger partial charge in [0.05, 0.1) is 0 Å². The average Bonchev–Trinajstić information content (AvgIpc) is 3.01. The van der Waals surface area contributed by atoms with Crippen molar-refractivity contribution < 1.29 is 63.0 Å². The van der Waals surface area contributed by atoms with Crippen molar-refractivity contribution in [1.82, 2.24) is 0 Å². The van der Waals surface area contributed by atoms with Gasteiger partial charge in [-0.15, -0.1) is 0 Å². The van der Waals surface area contributed by atoms with Crippen LogP contribution in [0, 0.1) is 5.41 Å². The van der Waals surface area contributed by atoms with E-state index in [1.807, 2.05) is 0 Å². The van der Waals surface area contributed by atoms with Crippen molar-refractivity contribution in [3.8, 4) is 11.5 Å². The van der Waals surface area contributed by atoms with E-state index in [0.717, 1.165) is 12.1 Å². The number of carbonyl (C=O) groups is 2. The third-order valence-corrected chi connectivity index (χ3v) is 8.53. The summed E-state index contributed by atoms with van der Waals surface area (Å²) in [5.41, 5.74) is -11.4. The number of benzene rings is 3. The molecule has 14 heteroatoms. The molecule has 3 rings (SSSR count). The zero-order valence-electron chi connectivity index (χ0n) is 27.3. The second-order valence-electron chi connectivity index (χ2n) is 12.7. The molecule has 0 atom stereocenters. The van der Waals surface area contributed by atoms with Crippen LogP contribution in [-0.4, -0.2) is 29.7 Å². The van der Waals surface area contributed by atoms with Crippen LogP contribution in [0.5, 0.6) is 11.5 Å². The van der Waals surface area contributed by atoms with Crippen molar-refractivity contribution >= 4 is 11.8 Å². The minimum atomic E-state index is -5.96. The van der Waals surface area contributed by atoms with Gasteiger partial charge in [-0.1, -0.05) is 76.2 Å². The fourth-order valence-electron chi connectivity index (χ4n) is 4.81. The average molecular weight is 709 g/mol. The van der Waals surface area contributed by atoms with Crippen LogP contribution >= 0.6 is 0 Å². The second kappa shape index (κ2) is 13.3. The highest BCUT2D eigenvalue weighted by molar-refractivity contribution is 5.91. The van der Waals surface area contributed by atoms with E-state index >= 15 is 0 Å². The first-order valence-corrected chi connectivity index (χ1v) is 14.9. The zero-order chi connectivity index (χ0) is 37.4. The predicted octanol–water partition coefficient (Wildman–Crippen LogP) is 10.5. The Morgan fingerprint density at radius 1 is 0.531 bits per heavy atom. The third-order valence-electron chi connectivity index (χ3n) is 8.53. The summed E-state index contributed by atoms with van der Waals surface area (Å²) in [6, 6.07) is 6.86. The van der Waals surface area contributed by atoms with E-state index in [-0.39, 0.29) is 12.2 Å². The van der Waals surface area contributed by atoms with Gasteiger partial charge < -0.3 is 9.47 Å². The second-order valence-corrected chi connectivity index (χ2v) is 12.7. The van der Waals surface area contributed by atoms with E-state index in [1.54, 1.807) is 20.8 Å². The molecule has 0 aliphatic heterocycles. The maximum atomic E-state index is 15.0. The fraction of sp³-hybridized carbons (Fsp3) is 0.429. The van der Waals surface area contributed by atoms with Gasteiger partial charge in [-0.05, 0) is 62.1 Å². The Hall–Kier alpha value is -4.10. The van der Waals surface area contributed by atoms with Gasteiger partial charge in [0.15, 0.2) is 0 Å². The van der Waals surface area contributed by atoms with Crippen LogP contribution in [0.1, 0.15) is 76.6 Å². The van der Waals surface area contributed by atoms with Crippen LogP contribution < -0.4 is 9.47 Å². The summed E-state index contributed by atoms with van der Waals surface area (Å²) in [4.78, 5) is 24.8. The molecule has 3 aromatic carbocycles. The normalized spacial score (nSPS) is 13.6. The van der Waals surface area contributed by atoms with Gasteiger partial charge in [0.25, 0.3) is 0 Å². The molecule has 0 heterocycles. The van der Waals surface area contributed by atoms with Gasteiger partial charge in [-0.3, -0.25) is 4.79 Å². The van der Waals surface area contributed by atoms with Crippen LogP contribution in [0.4, 0.5) is 43.9 Å². The van der Waals surface area contributed by atoms with E-state index in [0.29, 0.717) is 67.1 Å². The summed E-state index contributed by atoms with van der Waals surface area (Å²) < 4.78 is 157. The lowest BCUT2D eigenvalue weighted by Crippen LogP contribution is -2.54. The Kier molecular flexibility index (Phi) is 10.7. The van der Waals surface area contributed by atoms with Gasteiger partial charge in [0.1, 0.15) is 17.1 Å². The van der Waals surface area contributed by atoms with Crippen LogP contribution in [-0.2, 0) is 26.8 Å². The zero-order valence-corrected chi connectivity index (χ0v) is 27.3. The van der Waals surface area contributed by atoms with Gasteiger partial charge in [-0.2, -0.15) is 43.9 Å². The van der Waals surface area contributed by atoms with Crippen molar-refractivity contribution in [2.75, 3.05) is 0 Å². The topological polar surface area (TPSA) is 52.6 Å². The highest BCUT2D eigenvalue weighted by atomic mass is 19.4. The van der Waals surface area contributed by atoms with Gasteiger partial charge in [0, 0.05) is 16.5 Å². The summed E-state index contributed by atoms with van der Waals surface area (Å²) in [5, 5.41) is 0. The van der Waals surface area contributed by atoms with E-state index in [1.165, 1.54) is 20.8 Å². The SMILES string of the molecule is CCC(C)(C)Oc1ccc(C(c2ccc(OC(=O)C(F)(F)c3ccc(C(F)(F)C(=O)C(C)(C)CC)cc3)cc2)(C(F)(F)F)C(F)(F)F)cc1. The van der Waals surface area contributed by atoms with Crippen molar-refractivity contribution in [3.05, 3.63) is 95.1 Å². The number of carbonyl (C=O) groups excluding carboxylic acids is 2. The van der Waals surface area contributed by atoms with E-state index in [2.05, 4.69) is 4.74 Å². The fourth-order valence-corrected chi connectivity index (χ4v) is 4.81. The number of hydrogen-bond donors (Lipinski definition) is 0. The molecular formula is C35H34F10O4. The predicted molar refractivity (Wildman–Crippen MR) is 160 cm³/mol. The highest BCUT2D eigenvalue weighted by Gasteiger charge is 2.72. The Morgan fingerprint density at radius 3 is 1.27 bits per heavy atom. The molecular weight excluding hydrogens is 674 g/mol. The molecule has 49 heavy (non-hydrogen) atoms. The highest BCUT2D eigenvalue weighted by Crippen LogP contribution is 2.56. The molecule has 4 nitrogen and oxygen atoms in total. The molecule has 0 aromatic heterocycles. The number of rotatable bonds is 12. The van der Waals surface area contributed by atoms with Crippen molar-refractivity contribution in [3.63, 3.8) is 0 Å². The lowest BCUT2D eigenvalue weighted by molar-refractivity contribution is -0.288. The molecule has 0 aliphatic carbocycles. The number of halogens is 10. The molecule has 0 amide bonds. The number of ether oxygens (including phenoxy) is 2. The summed E-state index contributed by atoms with van der Waals surface area (Å²) in [7, 11) is 0. The van der Waals surface area contributed by atoms with Crippen LogP contribution in [0.2, 0.25) is 0 Å². The van der Waals surface area contributed by atoms with Gasteiger partial charge in [0.2, 0.25) is 11.2 Å². The molecule has 0 saturated heterocycles. The number of ketones is 1. The molecule has 0 radical (unpaired) electrons. The third kappa shape index (κ3) is 7.57. The Bertz CT molecular complexity index is 1610. The lowest BCUT2D eigenvalue weighted by Gasteiger charge is -2.38. The smallest absolute Gasteiger partial charge is 0.411 e. The Labute approximate surface area is 276 Å². The minimum absolute atomic E-state index is 0.0225. The monoisotopic (exact) mass is 708 g/mol. The van der Waals surface area contributed by atoms with Crippen LogP contribution in [0.3, 0.4) is 0 Å².